The molecule has 0 aliphatic carbocycles. The normalized spacial score (nSPS) is 11.7. The van der Waals surface area contributed by atoms with Crippen LogP contribution in [-0.2, 0) is 19.4 Å². The summed E-state index contributed by atoms with van der Waals surface area (Å²) in [5.74, 6) is -0.295. The molecule has 0 aliphatic rings. The Bertz CT molecular complexity index is 1170. The maximum atomic E-state index is 12.6. The van der Waals surface area contributed by atoms with Gasteiger partial charge in [0.25, 0.3) is 5.91 Å². The third kappa shape index (κ3) is 4.65. The lowest BCUT2D eigenvalue weighted by Gasteiger charge is -2.09. The molecule has 1 aromatic carbocycles. The predicted octanol–water partition coefficient (Wildman–Crippen LogP) is 4.49. The van der Waals surface area contributed by atoms with Crippen LogP contribution in [0.2, 0.25) is 0 Å². The first kappa shape index (κ1) is 20.0. The fourth-order valence-electron chi connectivity index (χ4n) is 3.00. The van der Waals surface area contributed by atoms with E-state index in [9.17, 15) is 18.0 Å². The smallest absolute Gasteiger partial charge is 0.310 e. The van der Waals surface area contributed by atoms with Crippen LogP contribution in [0.15, 0.2) is 54.0 Å². The van der Waals surface area contributed by atoms with Crippen LogP contribution in [0.4, 0.5) is 19.1 Å². The third-order valence-electron chi connectivity index (χ3n) is 4.33. The topological polar surface area (TPSA) is 72.7 Å². The van der Waals surface area contributed by atoms with Crippen LogP contribution >= 0.6 is 11.3 Å². The molecule has 0 bridgehead atoms. The number of carbonyl (C=O) groups is 1. The summed E-state index contributed by atoms with van der Waals surface area (Å²) in [7, 11) is 0. The summed E-state index contributed by atoms with van der Waals surface area (Å²) >= 11 is 0.805. The van der Waals surface area contributed by atoms with Gasteiger partial charge in [-0.15, -0.1) is 11.3 Å². The maximum Gasteiger partial charge on any atom is 0.395 e. The molecule has 0 atom stereocenters. The number of amides is 1. The highest BCUT2D eigenvalue weighted by molar-refractivity contribution is 7.09. The summed E-state index contributed by atoms with van der Waals surface area (Å²) in [6, 6.07) is 13.1. The molecule has 4 aromatic rings. The molecule has 4 rings (SSSR count). The summed E-state index contributed by atoms with van der Waals surface area (Å²) in [6.45, 7) is 0.517. The number of imidazole rings is 1. The lowest BCUT2D eigenvalue weighted by atomic mass is 10.2. The summed E-state index contributed by atoms with van der Waals surface area (Å²) < 4.78 is 39.5. The molecule has 0 saturated carbocycles. The van der Waals surface area contributed by atoms with Crippen molar-refractivity contribution in [1.29, 1.82) is 0 Å². The number of benzene rings is 1. The molecule has 0 aliphatic heterocycles. The van der Waals surface area contributed by atoms with Gasteiger partial charge in [0.05, 0.1) is 17.5 Å². The molecule has 154 valence electrons. The van der Waals surface area contributed by atoms with Crippen LogP contribution in [0.3, 0.4) is 0 Å². The summed E-state index contributed by atoms with van der Waals surface area (Å²) in [5.41, 5.74) is 2.36. The van der Waals surface area contributed by atoms with Crippen molar-refractivity contribution < 1.29 is 18.0 Å². The van der Waals surface area contributed by atoms with Crippen molar-refractivity contribution in [1.82, 2.24) is 19.5 Å². The molecule has 0 radical (unpaired) electrons. The number of aromatic nitrogens is 4. The fraction of sp³-hybridized carbons (Fsp3) is 0.200. The summed E-state index contributed by atoms with van der Waals surface area (Å²) in [4.78, 5) is 25.2. The van der Waals surface area contributed by atoms with Crippen LogP contribution in [0, 0.1) is 0 Å². The van der Waals surface area contributed by atoms with Gasteiger partial charge in [-0.2, -0.15) is 13.2 Å². The quantitative estimate of drug-likeness (QED) is 0.488. The van der Waals surface area contributed by atoms with Gasteiger partial charge in [0.2, 0.25) is 5.95 Å². The van der Waals surface area contributed by atoms with Gasteiger partial charge in [0.1, 0.15) is 10.7 Å². The van der Waals surface area contributed by atoms with Gasteiger partial charge in [0, 0.05) is 30.2 Å². The van der Waals surface area contributed by atoms with Gasteiger partial charge in [-0.1, -0.05) is 18.2 Å². The number of thiazole rings is 1. The van der Waals surface area contributed by atoms with E-state index in [1.807, 2.05) is 47.0 Å². The standard InChI is InChI=1S/C20H16F3N5OS/c21-20(22,23)11-17-25-15(12-30-17)18(29)27-19-26-14-6-1-2-7-16(14)28(19)10-8-13-5-3-4-9-24-13/h1-7,9,12H,8,10-11H2,(H,26,27,29). The molecule has 0 spiro atoms. The summed E-state index contributed by atoms with van der Waals surface area (Å²) in [5, 5.41) is 3.84. The van der Waals surface area contributed by atoms with Crippen LogP contribution in [0.5, 0.6) is 0 Å². The van der Waals surface area contributed by atoms with Crippen LogP contribution < -0.4 is 5.32 Å². The predicted molar refractivity (Wildman–Crippen MR) is 108 cm³/mol. The largest absolute Gasteiger partial charge is 0.395 e. The molecule has 6 nitrogen and oxygen atoms in total. The minimum absolute atomic E-state index is 0.0671. The van der Waals surface area contributed by atoms with E-state index in [1.54, 1.807) is 6.20 Å². The van der Waals surface area contributed by atoms with E-state index in [2.05, 4.69) is 20.3 Å². The Morgan fingerprint density at radius 1 is 1.10 bits per heavy atom. The molecular formula is C20H16F3N5OS. The number of rotatable bonds is 6. The second-order valence-corrected chi connectivity index (χ2v) is 7.46. The minimum atomic E-state index is -4.37. The molecule has 30 heavy (non-hydrogen) atoms. The first-order chi connectivity index (χ1) is 14.4. The number of aryl methyl sites for hydroxylation is 2. The zero-order valence-corrected chi connectivity index (χ0v) is 16.4. The Morgan fingerprint density at radius 2 is 1.90 bits per heavy atom. The highest BCUT2D eigenvalue weighted by atomic mass is 32.1. The Balaban J connectivity index is 1.57. The van der Waals surface area contributed by atoms with Gasteiger partial charge in [-0.05, 0) is 24.3 Å². The third-order valence-corrected chi connectivity index (χ3v) is 5.18. The maximum absolute atomic E-state index is 12.6. The van der Waals surface area contributed by atoms with E-state index in [1.165, 1.54) is 5.38 Å². The monoisotopic (exact) mass is 431 g/mol. The average Bonchev–Trinajstić information content (AvgIpc) is 3.30. The molecule has 10 heteroatoms. The Labute approximate surface area is 173 Å². The lowest BCUT2D eigenvalue weighted by molar-refractivity contribution is -0.127. The number of nitrogens with zero attached hydrogens (tertiary/aromatic N) is 4. The number of halogens is 3. The van der Waals surface area contributed by atoms with E-state index >= 15 is 0 Å². The van der Waals surface area contributed by atoms with Gasteiger partial charge in [-0.3, -0.25) is 15.1 Å². The van der Waals surface area contributed by atoms with E-state index in [0.717, 1.165) is 22.5 Å². The molecule has 0 saturated heterocycles. The average molecular weight is 431 g/mol. The molecule has 1 amide bonds. The van der Waals surface area contributed by atoms with Crippen LogP contribution in [0.1, 0.15) is 21.2 Å². The second kappa shape index (κ2) is 8.23. The number of para-hydroxylation sites is 2. The molecule has 0 unspecified atom stereocenters. The first-order valence-corrected chi connectivity index (χ1v) is 9.95. The van der Waals surface area contributed by atoms with Gasteiger partial charge < -0.3 is 4.57 Å². The SMILES string of the molecule is O=C(Nc1nc2ccccc2n1CCc1ccccn1)c1csc(CC(F)(F)F)n1. The van der Waals surface area contributed by atoms with E-state index in [0.29, 0.717) is 24.4 Å². The van der Waals surface area contributed by atoms with Crippen LogP contribution in [-0.4, -0.2) is 31.6 Å². The van der Waals surface area contributed by atoms with Crippen LogP contribution in [0.25, 0.3) is 11.0 Å². The fourth-order valence-corrected chi connectivity index (χ4v) is 3.81. The number of anilines is 1. The van der Waals surface area contributed by atoms with E-state index < -0.39 is 18.5 Å². The van der Waals surface area contributed by atoms with Crippen molar-refractivity contribution in [2.24, 2.45) is 0 Å². The van der Waals surface area contributed by atoms with E-state index in [4.69, 9.17) is 0 Å². The molecule has 1 N–H and O–H groups in total. The zero-order chi connectivity index (χ0) is 21.1. The van der Waals surface area contributed by atoms with Crippen molar-refractivity contribution in [3.8, 4) is 0 Å². The van der Waals surface area contributed by atoms with Crippen molar-refractivity contribution in [2.75, 3.05) is 5.32 Å². The van der Waals surface area contributed by atoms with Gasteiger partial charge in [0.15, 0.2) is 0 Å². The zero-order valence-electron chi connectivity index (χ0n) is 15.6. The number of hydrogen-bond donors (Lipinski definition) is 1. The minimum Gasteiger partial charge on any atom is -0.310 e. The number of nitrogens with one attached hydrogen (secondary N) is 1. The second-order valence-electron chi connectivity index (χ2n) is 6.52. The Hall–Kier alpha value is -3.27. The Morgan fingerprint density at radius 3 is 2.67 bits per heavy atom. The highest BCUT2D eigenvalue weighted by Gasteiger charge is 2.30. The van der Waals surface area contributed by atoms with Crippen molar-refractivity contribution >= 4 is 34.2 Å². The summed E-state index contributed by atoms with van der Waals surface area (Å²) in [6.07, 6.45) is -3.19. The Kier molecular flexibility index (Phi) is 5.49. The highest BCUT2D eigenvalue weighted by Crippen LogP contribution is 2.24. The first-order valence-electron chi connectivity index (χ1n) is 9.07. The molecular weight excluding hydrogens is 415 g/mol. The van der Waals surface area contributed by atoms with E-state index in [-0.39, 0.29) is 10.7 Å². The number of fused-ring (bicyclic) bond motifs is 1. The van der Waals surface area contributed by atoms with Crippen molar-refractivity contribution in [3.63, 3.8) is 0 Å². The molecule has 0 fully saturated rings. The number of pyridine rings is 1. The lowest BCUT2D eigenvalue weighted by Crippen LogP contribution is -2.17. The van der Waals surface area contributed by atoms with Gasteiger partial charge in [-0.25, -0.2) is 9.97 Å². The number of alkyl halides is 3. The number of hydrogen-bond acceptors (Lipinski definition) is 5. The molecule has 3 heterocycles. The number of carbonyl (C=O) groups excluding carboxylic acids is 1. The van der Waals surface area contributed by atoms with Gasteiger partial charge >= 0.3 is 6.18 Å². The van der Waals surface area contributed by atoms with Crippen molar-refractivity contribution in [2.45, 2.75) is 25.6 Å². The molecule has 3 aromatic heterocycles. The van der Waals surface area contributed by atoms with Crippen molar-refractivity contribution in [3.05, 3.63) is 70.4 Å².